The molecule has 0 bridgehead atoms. The predicted molar refractivity (Wildman–Crippen MR) is 64.5 cm³/mol. The Labute approximate surface area is 98.8 Å². The van der Waals surface area contributed by atoms with Gasteiger partial charge in [0.2, 0.25) is 0 Å². The third kappa shape index (κ3) is 2.48. The first-order valence-electron chi connectivity index (χ1n) is 5.40. The van der Waals surface area contributed by atoms with Crippen molar-refractivity contribution in [2.45, 2.75) is 12.8 Å². The van der Waals surface area contributed by atoms with E-state index in [0.29, 0.717) is 18.8 Å². The molecule has 0 fully saturated rings. The van der Waals surface area contributed by atoms with Gasteiger partial charge in [-0.1, -0.05) is 12.2 Å². The van der Waals surface area contributed by atoms with Crippen molar-refractivity contribution in [3.63, 3.8) is 0 Å². The number of amides is 1. The molecule has 1 aliphatic rings. The maximum Gasteiger partial charge on any atom is 0.273 e. The molecule has 0 spiro atoms. The highest BCUT2D eigenvalue weighted by Gasteiger charge is 2.18. The van der Waals surface area contributed by atoms with E-state index in [2.05, 4.69) is 11.1 Å². The van der Waals surface area contributed by atoms with Crippen LogP contribution in [-0.4, -0.2) is 35.4 Å². The number of nitrogens with zero attached hydrogens (tertiary/aromatic N) is 2. The molecule has 1 amide bonds. The van der Waals surface area contributed by atoms with Crippen LogP contribution in [0.25, 0.3) is 0 Å². The van der Waals surface area contributed by atoms with Gasteiger partial charge in [-0.2, -0.15) is 0 Å². The van der Waals surface area contributed by atoms with Gasteiger partial charge in [0, 0.05) is 24.9 Å². The standard InChI is InChI=1S/C11H15N3OS/c12-5-4-10-13-9(8-16-10)11(15)14-6-2-1-3-7-14/h1-2,8H,3-7,12H2. The van der Waals surface area contributed by atoms with Gasteiger partial charge in [-0.25, -0.2) is 4.98 Å². The summed E-state index contributed by atoms with van der Waals surface area (Å²) in [6.07, 6.45) is 5.81. The van der Waals surface area contributed by atoms with Crippen LogP contribution in [0.3, 0.4) is 0 Å². The predicted octanol–water partition coefficient (Wildman–Crippen LogP) is 1.05. The molecular weight excluding hydrogens is 222 g/mol. The minimum atomic E-state index is 0.0314. The van der Waals surface area contributed by atoms with Gasteiger partial charge >= 0.3 is 0 Å². The minimum Gasteiger partial charge on any atom is -0.333 e. The van der Waals surface area contributed by atoms with Crippen molar-refractivity contribution in [1.82, 2.24) is 9.88 Å². The lowest BCUT2D eigenvalue weighted by atomic mass is 10.2. The fourth-order valence-electron chi connectivity index (χ4n) is 1.64. The quantitative estimate of drug-likeness (QED) is 0.799. The number of rotatable bonds is 3. The summed E-state index contributed by atoms with van der Waals surface area (Å²) < 4.78 is 0. The van der Waals surface area contributed by atoms with Crippen LogP contribution in [0.15, 0.2) is 17.5 Å². The Balaban J connectivity index is 2.05. The number of carbonyl (C=O) groups is 1. The Kier molecular flexibility index (Phi) is 3.69. The lowest BCUT2D eigenvalue weighted by Gasteiger charge is -2.22. The molecule has 0 saturated heterocycles. The summed E-state index contributed by atoms with van der Waals surface area (Å²) in [6, 6.07) is 0. The maximum absolute atomic E-state index is 12.0. The van der Waals surface area contributed by atoms with Gasteiger partial charge in [0.1, 0.15) is 5.69 Å². The molecule has 4 nitrogen and oxygen atoms in total. The summed E-state index contributed by atoms with van der Waals surface area (Å²) in [7, 11) is 0. The van der Waals surface area contributed by atoms with E-state index in [1.54, 1.807) is 0 Å². The van der Waals surface area contributed by atoms with Crippen LogP contribution >= 0.6 is 11.3 Å². The number of hydrogen-bond donors (Lipinski definition) is 1. The molecule has 1 aliphatic heterocycles. The van der Waals surface area contributed by atoms with E-state index in [1.165, 1.54) is 11.3 Å². The fraction of sp³-hybridized carbons (Fsp3) is 0.455. The zero-order chi connectivity index (χ0) is 11.4. The van der Waals surface area contributed by atoms with Crippen molar-refractivity contribution < 1.29 is 4.79 Å². The molecule has 86 valence electrons. The first kappa shape index (κ1) is 11.3. The average Bonchev–Trinajstić information content (AvgIpc) is 2.78. The molecule has 1 aromatic rings. The van der Waals surface area contributed by atoms with Gasteiger partial charge in [0.15, 0.2) is 0 Å². The summed E-state index contributed by atoms with van der Waals surface area (Å²) >= 11 is 1.51. The van der Waals surface area contributed by atoms with E-state index >= 15 is 0 Å². The SMILES string of the molecule is NCCc1nc(C(=O)N2CC=CCC2)cs1. The molecule has 0 aromatic carbocycles. The maximum atomic E-state index is 12.0. The molecule has 2 rings (SSSR count). The second kappa shape index (κ2) is 5.23. The topological polar surface area (TPSA) is 59.2 Å². The molecule has 5 heteroatoms. The highest BCUT2D eigenvalue weighted by atomic mass is 32.1. The molecule has 0 atom stereocenters. The van der Waals surface area contributed by atoms with Crippen molar-refractivity contribution in [2.75, 3.05) is 19.6 Å². The van der Waals surface area contributed by atoms with Crippen molar-refractivity contribution in [2.24, 2.45) is 5.73 Å². The number of aromatic nitrogens is 1. The van der Waals surface area contributed by atoms with Gasteiger partial charge < -0.3 is 10.6 Å². The van der Waals surface area contributed by atoms with Gasteiger partial charge in [0.25, 0.3) is 5.91 Å². The smallest absolute Gasteiger partial charge is 0.273 e. The summed E-state index contributed by atoms with van der Waals surface area (Å²) in [6.45, 7) is 2.06. The van der Waals surface area contributed by atoms with Crippen molar-refractivity contribution >= 4 is 17.2 Å². The number of nitrogens with two attached hydrogens (primary N) is 1. The second-order valence-electron chi connectivity index (χ2n) is 3.68. The van der Waals surface area contributed by atoms with E-state index in [9.17, 15) is 4.79 Å². The highest BCUT2D eigenvalue weighted by Crippen LogP contribution is 2.13. The number of hydrogen-bond acceptors (Lipinski definition) is 4. The largest absolute Gasteiger partial charge is 0.333 e. The Morgan fingerprint density at radius 1 is 1.56 bits per heavy atom. The summed E-state index contributed by atoms with van der Waals surface area (Å²) in [5, 5.41) is 2.77. The van der Waals surface area contributed by atoms with Crippen molar-refractivity contribution in [3.8, 4) is 0 Å². The van der Waals surface area contributed by atoms with Crippen molar-refractivity contribution in [1.29, 1.82) is 0 Å². The minimum absolute atomic E-state index is 0.0314. The highest BCUT2D eigenvalue weighted by molar-refractivity contribution is 7.09. The molecule has 0 unspecified atom stereocenters. The van der Waals surface area contributed by atoms with E-state index in [4.69, 9.17) is 5.73 Å². The Hall–Kier alpha value is -1.20. The lowest BCUT2D eigenvalue weighted by molar-refractivity contribution is 0.0766. The number of carbonyl (C=O) groups excluding carboxylic acids is 1. The summed E-state index contributed by atoms with van der Waals surface area (Å²) in [5.41, 5.74) is 6.01. The van der Waals surface area contributed by atoms with Crippen LogP contribution < -0.4 is 5.73 Å². The molecule has 2 N–H and O–H groups in total. The van der Waals surface area contributed by atoms with Crippen LogP contribution in [-0.2, 0) is 6.42 Å². The fourth-order valence-corrected chi connectivity index (χ4v) is 2.42. The molecule has 0 radical (unpaired) electrons. The van der Waals surface area contributed by atoms with E-state index in [-0.39, 0.29) is 5.91 Å². The van der Waals surface area contributed by atoms with Crippen molar-refractivity contribution in [3.05, 3.63) is 28.2 Å². The van der Waals surface area contributed by atoms with E-state index < -0.39 is 0 Å². The third-order valence-electron chi connectivity index (χ3n) is 2.47. The normalized spacial score (nSPS) is 15.4. The van der Waals surface area contributed by atoms with Gasteiger partial charge in [-0.3, -0.25) is 4.79 Å². The molecular formula is C11H15N3OS. The molecule has 0 saturated carbocycles. The Bertz CT molecular complexity index is 400. The van der Waals surface area contributed by atoms with Gasteiger partial charge in [-0.15, -0.1) is 11.3 Å². The molecule has 1 aromatic heterocycles. The zero-order valence-electron chi connectivity index (χ0n) is 9.06. The summed E-state index contributed by atoms with van der Waals surface area (Å²) in [4.78, 5) is 18.1. The Morgan fingerprint density at radius 2 is 2.44 bits per heavy atom. The molecule has 0 aliphatic carbocycles. The first-order chi connectivity index (χ1) is 7.81. The van der Waals surface area contributed by atoms with Crippen LogP contribution in [0.5, 0.6) is 0 Å². The average molecular weight is 237 g/mol. The number of thiazole rings is 1. The zero-order valence-corrected chi connectivity index (χ0v) is 9.87. The molecule has 16 heavy (non-hydrogen) atoms. The lowest BCUT2D eigenvalue weighted by Crippen LogP contribution is -2.33. The van der Waals surface area contributed by atoms with Gasteiger partial charge in [-0.05, 0) is 13.0 Å². The van der Waals surface area contributed by atoms with E-state index in [0.717, 1.165) is 24.4 Å². The third-order valence-corrected chi connectivity index (χ3v) is 3.38. The van der Waals surface area contributed by atoms with Gasteiger partial charge in [0.05, 0.1) is 5.01 Å². The Morgan fingerprint density at radius 3 is 3.12 bits per heavy atom. The van der Waals surface area contributed by atoms with Crippen LogP contribution in [0, 0.1) is 0 Å². The summed E-state index contributed by atoms with van der Waals surface area (Å²) in [5.74, 6) is 0.0314. The first-order valence-corrected chi connectivity index (χ1v) is 6.28. The van der Waals surface area contributed by atoms with E-state index in [1.807, 2.05) is 16.4 Å². The van der Waals surface area contributed by atoms with Crippen LogP contribution in [0.2, 0.25) is 0 Å². The van der Waals surface area contributed by atoms with Crippen LogP contribution in [0.1, 0.15) is 21.9 Å². The molecule has 2 heterocycles. The van der Waals surface area contributed by atoms with Crippen LogP contribution in [0.4, 0.5) is 0 Å². The second-order valence-corrected chi connectivity index (χ2v) is 4.62. The monoisotopic (exact) mass is 237 g/mol.